The zero-order chi connectivity index (χ0) is 15.5. The van der Waals surface area contributed by atoms with Gasteiger partial charge in [0.15, 0.2) is 5.69 Å². The Morgan fingerprint density at radius 3 is 2.40 bits per heavy atom. The first-order chi connectivity index (χ1) is 9.14. The van der Waals surface area contributed by atoms with E-state index in [9.17, 15) is 13.2 Å². The molecule has 1 aromatic heterocycles. The molecular formula is C12H21N3O4S. The largest absolute Gasteiger partial charge is 0.461 e. The van der Waals surface area contributed by atoms with Crippen LogP contribution in [0.5, 0.6) is 0 Å². The summed E-state index contributed by atoms with van der Waals surface area (Å²) in [4.78, 5) is 11.6. The normalized spacial score (nSPS) is 12.2. The molecule has 0 fully saturated rings. The van der Waals surface area contributed by atoms with Crippen molar-refractivity contribution >= 4 is 16.0 Å². The molecule has 114 valence electrons. The van der Waals surface area contributed by atoms with Crippen LogP contribution in [0.1, 0.15) is 56.2 Å². The average Bonchev–Trinajstić information content (AvgIpc) is 2.72. The SMILES string of the molecule is CC(C)CCOC(=O)c1n[nH]c(C(C)C)c1S(N)(=O)=O. The van der Waals surface area contributed by atoms with Crippen molar-refractivity contribution < 1.29 is 17.9 Å². The number of nitrogens with two attached hydrogens (primary N) is 1. The highest BCUT2D eigenvalue weighted by atomic mass is 32.2. The van der Waals surface area contributed by atoms with Gasteiger partial charge < -0.3 is 4.74 Å². The quantitative estimate of drug-likeness (QED) is 0.770. The van der Waals surface area contributed by atoms with Gasteiger partial charge in [0, 0.05) is 0 Å². The summed E-state index contributed by atoms with van der Waals surface area (Å²) < 4.78 is 28.3. The summed E-state index contributed by atoms with van der Waals surface area (Å²) in [5.41, 5.74) is 0.0308. The van der Waals surface area contributed by atoms with Gasteiger partial charge in [-0.25, -0.2) is 18.4 Å². The van der Waals surface area contributed by atoms with Crippen LogP contribution in [0.3, 0.4) is 0 Å². The second-order valence-electron chi connectivity index (χ2n) is 5.33. The molecule has 7 nitrogen and oxygen atoms in total. The minimum absolute atomic E-state index is 0.159. The van der Waals surface area contributed by atoms with Crippen molar-refractivity contribution in [2.24, 2.45) is 11.1 Å². The van der Waals surface area contributed by atoms with Gasteiger partial charge in [-0.1, -0.05) is 27.7 Å². The molecule has 0 bridgehead atoms. The van der Waals surface area contributed by atoms with Crippen LogP contribution in [-0.4, -0.2) is 31.2 Å². The molecule has 0 radical (unpaired) electrons. The van der Waals surface area contributed by atoms with E-state index in [4.69, 9.17) is 9.88 Å². The van der Waals surface area contributed by atoms with Crippen LogP contribution in [0.4, 0.5) is 0 Å². The Kier molecular flexibility index (Phi) is 5.29. The van der Waals surface area contributed by atoms with Crippen molar-refractivity contribution in [2.75, 3.05) is 6.61 Å². The molecule has 3 N–H and O–H groups in total. The number of aromatic nitrogens is 2. The molecule has 0 aliphatic rings. The molecule has 0 atom stereocenters. The van der Waals surface area contributed by atoms with E-state index in [0.717, 1.165) is 0 Å². The predicted octanol–water partition coefficient (Wildman–Crippen LogP) is 1.38. The Morgan fingerprint density at radius 2 is 1.95 bits per heavy atom. The van der Waals surface area contributed by atoms with Gasteiger partial charge in [0.1, 0.15) is 4.90 Å². The Labute approximate surface area is 118 Å². The number of esters is 1. The van der Waals surface area contributed by atoms with Crippen molar-refractivity contribution in [3.8, 4) is 0 Å². The molecule has 1 heterocycles. The molecule has 0 spiro atoms. The Bertz CT molecular complexity index is 576. The number of carbonyl (C=O) groups is 1. The second kappa shape index (κ2) is 6.36. The summed E-state index contributed by atoms with van der Waals surface area (Å²) in [5, 5.41) is 11.5. The van der Waals surface area contributed by atoms with Crippen molar-refractivity contribution in [3.63, 3.8) is 0 Å². The molecule has 8 heteroatoms. The third kappa shape index (κ3) is 4.04. The highest BCUT2D eigenvalue weighted by molar-refractivity contribution is 7.89. The van der Waals surface area contributed by atoms with Crippen LogP contribution in [0.2, 0.25) is 0 Å². The number of aromatic amines is 1. The molecular weight excluding hydrogens is 282 g/mol. The smallest absolute Gasteiger partial charge is 0.360 e. The molecule has 0 unspecified atom stereocenters. The van der Waals surface area contributed by atoms with Gasteiger partial charge in [0.05, 0.1) is 12.3 Å². The van der Waals surface area contributed by atoms with Crippen LogP contribution in [0, 0.1) is 5.92 Å². The van der Waals surface area contributed by atoms with E-state index < -0.39 is 16.0 Å². The van der Waals surface area contributed by atoms with Gasteiger partial charge in [-0.3, -0.25) is 5.10 Å². The third-order valence-corrected chi connectivity index (χ3v) is 3.71. The lowest BCUT2D eigenvalue weighted by Gasteiger charge is -2.07. The fourth-order valence-corrected chi connectivity index (χ4v) is 2.60. The van der Waals surface area contributed by atoms with Gasteiger partial charge in [-0.2, -0.15) is 5.10 Å². The molecule has 0 saturated carbocycles. The van der Waals surface area contributed by atoms with Crippen LogP contribution in [-0.2, 0) is 14.8 Å². The molecule has 0 aromatic carbocycles. The zero-order valence-corrected chi connectivity index (χ0v) is 13.0. The molecule has 0 aliphatic carbocycles. The standard InChI is InChI=1S/C12H21N3O4S/c1-7(2)5-6-19-12(16)10-11(20(13,17)18)9(8(3)4)14-15-10/h7-8H,5-6H2,1-4H3,(H,14,15)(H2,13,17,18). The molecule has 0 aliphatic heterocycles. The van der Waals surface area contributed by atoms with Crippen LogP contribution < -0.4 is 5.14 Å². The Balaban J connectivity index is 3.04. The maximum absolute atomic E-state index is 11.9. The summed E-state index contributed by atoms with van der Waals surface area (Å²) in [7, 11) is -4.05. The van der Waals surface area contributed by atoms with E-state index in [0.29, 0.717) is 18.0 Å². The first-order valence-electron chi connectivity index (χ1n) is 6.42. The first kappa shape index (κ1) is 16.6. The highest BCUT2D eigenvalue weighted by Crippen LogP contribution is 2.24. The van der Waals surface area contributed by atoms with Crippen molar-refractivity contribution in [2.45, 2.75) is 44.9 Å². The van der Waals surface area contributed by atoms with Crippen LogP contribution in [0.25, 0.3) is 0 Å². The number of sulfonamides is 1. The molecule has 1 rings (SSSR count). The topological polar surface area (TPSA) is 115 Å². The summed E-state index contributed by atoms with van der Waals surface area (Å²) in [6, 6.07) is 0. The minimum atomic E-state index is -4.05. The minimum Gasteiger partial charge on any atom is -0.461 e. The number of nitrogens with zero attached hydrogens (tertiary/aromatic N) is 1. The van der Waals surface area contributed by atoms with Gasteiger partial charge in [-0.15, -0.1) is 0 Å². The second-order valence-corrected chi connectivity index (χ2v) is 6.83. The van der Waals surface area contributed by atoms with Crippen LogP contribution in [0.15, 0.2) is 4.90 Å². The molecule has 20 heavy (non-hydrogen) atoms. The number of H-pyrrole nitrogens is 1. The first-order valence-corrected chi connectivity index (χ1v) is 7.97. The summed E-state index contributed by atoms with van der Waals surface area (Å²) in [6.07, 6.45) is 0.692. The number of hydrogen-bond donors (Lipinski definition) is 2. The number of nitrogens with one attached hydrogen (secondary N) is 1. The Morgan fingerprint density at radius 1 is 1.35 bits per heavy atom. The lowest BCUT2D eigenvalue weighted by Crippen LogP contribution is -2.19. The number of primary sulfonamides is 1. The van der Waals surface area contributed by atoms with E-state index >= 15 is 0 Å². The average molecular weight is 303 g/mol. The lowest BCUT2D eigenvalue weighted by molar-refractivity contribution is 0.0476. The number of ether oxygens (including phenoxy) is 1. The zero-order valence-electron chi connectivity index (χ0n) is 12.1. The number of carbonyl (C=O) groups excluding carboxylic acids is 1. The maximum Gasteiger partial charge on any atom is 0.360 e. The summed E-state index contributed by atoms with van der Waals surface area (Å²) >= 11 is 0. The molecule has 1 aromatic rings. The van der Waals surface area contributed by atoms with Crippen molar-refractivity contribution in [3.05, 3.63) is 11.4 Å². The fraction of sp³-hybridized carbons (Fsp3) is 0.667. The lowest BCUT2D eigenvalue weighted by atomic mass is 10.1. The summed E-state index contributed by atoms with van der Waals surface area (Å²) in [6.45, 7) is 7.75. The van der Waals surface area contributed by atoms with Gasteiger partial charge in [0.2, 0.25) is 10.0 Å². The number of rotatable bonds is 6. The maximum atomic E-state index is 11.9. The van der Waals surface area contributed by atoms with E-state index in [1.807, 2.05) is 13.8 Å². The van der Waals surface area contributed by atoms with Crippen LogP contribution >= 0.6 is 0 Å². The fourth-order valence-electron chi connectivity index (χ4n) is 1.62. The van der Waals surface area contributed by atoms with Crippen molar-refractivity contribution in [1.82, 2.24) is 10.2 Å². The van der Waals surface area contributed by atoms with Gasteiger partial charge >= 0.3 is 5.97 Å². The third-order valence-electron chi connectivity index (χ3n) is 2.73. The van der Waals surface area contributed by atoms with E-state index in [-0.39, 0.29) is 23.1 Å². The van der Waals surface area contributed by atoms with Crippen molar-refractivity contribution in [1.29, 1.82) is 0 Å². The monoisotopic (exact) mass is 303 g/mol. The highest BCUT2D eigenvalue weighted by Gasteiger charge is 2.29. The molecule has 0 amide bonds. The number of hydrogen-bond acceptors (Lipinski definition) is 5. The van der Waals surface area contributed by atoms with Gasteiger partial charge in [-0.05, 0) is 18.3 Å². The molecule has 0 saturated heterocycles. The van der Waals surface area contributed by atoms with E-state index in [1.54, 1.807) is 13.8 Å². The van der Waals surface area contributed by atoms with Gasteiger partial charge in [0.25, 0.3) is 0 Å². The Hall–Kier alpha value is -1.41. The van der Waals surface area contributed by atoms with E-state index in [2.05, 4.69) is 10.2 Å². The summed E-state index contributed by atoms with van der Waals surface area (Å²) in [5.74, 6) is -0.559. The predicted molar refractivity (Wildman–Crippen MR) is 73.8 cm³/mol. The van der Waals surface area contributed by atoms with E-state index in [1.165, 1.54) is 0 Å².